The largest absolute Gasteiger partial charge is 0.493 e. The molecule has 0 fully saturated rings. The normalized spacial score (nSPS) is 10.1. The minimum absolute atomic E-state index is 0.0528. The van der Waals surface area contributed by atoms with Crippen molar-refractivity contribution in [1.82, 2.24) is 15.0 Å². The van der Waals surface area contributed by atoms with Crippen LogP contribution in [-0.4, -0.2) is 32.6 Å². The Kier molecular flexibility index (Phi) is 6.99. The standard InChI is InChI=1S/C17H18N6O4.C2H6/c1-2-27-12-6-8(9-5-11(17(25)26)20-7-9)3-4-10(12)14-21-15(23-19)13(18)16(24)22-14;1-2/h3-7,20H,2,18-19H2,1H3,(H,25,26)(H2,21,22,23,24);1-2H3. The van der Waals surface area contributed by atoms with Crippen molar-refractivity contribution in [3.05, 3.63) is 46.5 Å². The van der Waals surface area contributed by atoms with Crippen LogP contribution in [-0.2, 0) is 0 Å². The average molecular weight is 400 g/mol. The van der Waals surface area contributed by atoms with Gasteiger partial charge in [0.05, 0.1) is 12.2 Å². The number of aromatic nitrogens is 3. The summed E-state index contributed by atoms with van der Waals surface area (Å²) in [6.45, 7) is 6.20. The van der Waals surface area contributed by atoms with Crippen molar-refractivity contribution in [1.29, 1.82) is 0 Å². The van der Waals surface area contributed by atoms with Crippen molar-refractivity contribution < 1.29 is 14.6 Å². The maximum Gasteiger partial charge on any atom is 0.352 e. The molecule has 1 aromatic carbocycles. The van der Waals surface area contributed by atoms with E-state index < -0.39 is 11.5 Å². The minimum Gasteiger partial charge on any atom is -0.493 e. The summed E-state index contributed by atoms with van der Waals surface area (Å²) in [5.74, 6) is 5.06. The van der Waals surface area contributed by atoms with Gasteiger partial charge in [-0.05, 0) is 30.7 Å². The van der Waals surface area contributed by atoms with Gasteiger partial charge in [0.2, 0.25) is 0 Å². The molecule has 29 heavy (non-hydrogen) atoms. The van der Waals surface area contributed by atoms with Gasteiger partial charge in [-0.15, -0.1) is 0 Å². The average Bonchev–Trinajstić information content (AvgIpc) is 3.22. The van der Waals surface area contributed by atoms with Crippen molar-refractivity contribution in [2.75, 3.05) is 17.8 Å². The lowest BCUT2D eigenvalue weighted by Crippen LogP contribution is -2.20. The number of carbonyl (C=O) groups is 1. The number of nitrogens with one attached hydrogen (secondary N) is 3. The highest BCUT2D eigenvalue weighted by molar-refractivity contribution is 5.88. The summed E-state index contributed by atoms with van der Waals surface area (Å²) in [6, 6.07) is 6.73. The van der Waals surface area contributed by atoms with Crippen LogP contribution >= 0.6 is 0 Å². The maximum absolute atomic E-state index is 12.0. The number of hydrogen-bond acceptors (Lipinski definition) is 7. The molecule has 2 heterocycles. The Morgan fingerprint density at radius 3 is 2.59 bits per heavy atom. The van der Waals surface area contributed by atoms with E-state index in [1.54, 1.807) is 24.4 Å². The topological polar surface area (TPSA) is 172 Å². The van der Waals surface area contributed by atoms with Gasteiger partial charge in [0.1, 0.15) is 23.0 Å². The Morgan fingerprint density at radius 1 is 1.28 bits per heavy atom. The second-order valence-corrected chi connectivity index (χ2v) is 5.57. The fraction of sp³-hybridized carbons (Fsp3) is 0.211. The van der Waals surface area contributed by atoms with E-state index in [1.807, 2.05) is 20.8 Å². The Hall–Kier alpha value is -3.79. The predicted octanol–water partition coefficient (Wildman–Crippen LogP) is 2.42. The molecule has 0 saturated carbocycles. The Balaban J connectivity index is 0.00000145. The van der Waals surface area contributed by atoms with E-state index in [1.165, 1.54) is 6.07 Å². The van der Waals surface area contributed by atoms with Crippen LogP contribution in [0.2, 0.25) is 0 Å². The Bertz CT molecular complexity index is 1060. The van der Waals surface area contributed by atoms with Gasteiger partial charge in [0, 0.05) is 11.8 Å². The van der Waals surface area contributed by atoms with E-state index in [-0.39, 0.29) is 23.0 Å². The molecule has 0 unspecified atom stereocenters. The van der Waals surface area contributed by atoms with E-state index in [0.717, 1.165) is 5.56 Å². The lowest BCUT2D eigenvalue weighted by molar-refractivity contribution is 0.0691. The maximum atomic E-state index is 12.0. The Morgan fingerprint density at radius 2 is 2.00 bits per heavy atom. The number of carboxylic acids is 1. The molecule has 0 amide bonds. The molecule has 3 rings (SSSR count). The highest BCUT2D eigenvalue weighted by Crippen LogP contribution is 2.33. The fourth-order valence-electron chi connectivity index (χ4n) is 2.58. The molecule has 0 radical (unpaired) electrons. The summed E-state index contributed by atoms with van der Waals surface area (Å²) in [5.41, 5.74) is 9.30. The van der Waals surface area contributed by atoms with Gasteiger partial charge in [0.25, 0.3) is 5.56 Å². The van der Waals surface area contributed by atoms with E-state index in [2.05, 4.69) is 20.4 Å². The summed E-state index contributed by atoms with van der Waals surface area (Å²) in [5, 5.41) is 9.05. The fourth-order valence-corrected chi connectivity index (χ4v) is 2.58. The highest BCUT2D eigenvalue weighted by Gasteiger charge is 2.15. The van der Waals surface area contributed by atoms with E-state index in [4.69, 9.17) is 21.4 Å². The molecular weight excluding hydrogens is 376 g/mol. The molecule has 0 aliphatic heterocycles. The van der Waals surface area contributed by atoms with Crippen LogP contribution < -0.4 is 27.3 Å². The Labute approximate surface area is 166 Å². The molecule has 0 spiro atoms. The summed E-state index contributed by atoms with van der Waals surface area (Å²) in [7, 11) is 0. The van der Waals surface area contributed by atoms with Crippen LogP contribution in [0.25, 0.3) is 22.5 Å². The van der Waals surface area contributed by atoms with Crippen LogP contribution in [0.3, 0.4) is 0 Å². The zero-order valence-electron chi connectivity index (χ0n) is 16.4. The first-order valence-corrected chi connectivity index (χ1v) is 9.00. The van der Waals surface area contributed by atoms with Crippen molar-refractivity contribution >= 4 is 17.5 Å². The number of hydrazine groups is 1. The number of hydrogen-bond donors (Lipinski definition) is 6. The first-order chi connectivity index (χ1) is 13.9. The van der Waals surface area contributed by atoms with Gasteiger partial charge in [-0.2, -0.15) is 0 Å². The highest BCUT2D eigenvalue weighted by atomic mass is 16.5. The summed E-state index contributed by atoms with van der Waals surface area (Å²) < 4.78 is 5.68. The van der Waals surface area contributed by atoms with Crippen LogP contribution in [0, 0.1) is 0 Å². The van der Waals surface area contributed by atoms with Crippen LogP contribution in [0.5, 0.6) is 5.75 Å². The molecule has 0 saturated heterocycles. The van der Waals surface area contributed by atoms with Crippen LogP contribution in [0.15, 0.2) is 35.3 Å². The van der Waals surface area contributed by atoms with Crippen LogP contribution in [0.1, 0.15) is 31.3 Å². The zero-order chi connectivity index (χ0) is 21.6. The number of nitrogens with two attached hydrogens (primary N) is 2. The molecule has 10 heteroatoms. The molecule has 10 nitrogen and oxygen atoms in total. The van der Waals surface area contributed by atoms with Gasteiger partial charge >= 0.3 is 5.97 Å². The smallest absolute Gasteiger partial charge is 0.352 e. The number of nitrogen functional groups attached to an aromatic ring is 2. The molecule has 8 N–H and O–H groups in total. The third-order valence-corrected chi connectivity index (χ3v) is 3.88. The molecule has 2 aromatic heterocycles. The monoisotopic (exact) mass is 400 g/mol. The van der Waals surface area contributed by atoms with Gasteiger partial charge in [-0.3, -0.25) is 4.79 Å². The third kappa shape index (κ3) is 4.55. The zero-order valence-corrected chi connectivity index (χ0v) is 16.4. The number of rotatable bonds is 6. The number of H-pyrrole nitrogens is 2. The van der Waals surface area contributed by atoms with Gasteiger partial charge in [-0.25, -0.2) is 15.6 Å². The van der Waals surface area contributed by atoms with E-state index >= 15 is 0 Å². The third-order valence-electron chi connectivity index (χ3n) is 3.88. The van der Waals surface area contributed by atoms with Crippen molar-refractivity contribution in [3.63, 3.8) is 0 Å². The number of benzene rings is 1. The predicted molar refractivity (Wildman–Crippen MR) is 112 cm³/mol. The first-order valence-electron chi connectivity index (χ1n) is 9.00. The van der Waals surface area contributed by atoms with Crippen LogP contribution in [0.4, 0.5) is 11.5 Å². The minimum atomic E-state index is -1.05. The summed E-state index contributed by atoms with van der Waals surface area (Å²) in [4.78, 5) is 32.6. The molecule has 0 atom stereocenters. The van der Waals surface area contributed by atoms with E-state index in [9.17, 15) is 9.59 Å². The summed E-state index contributed by atoms with van der Waals surface area (Å²) >= 11 is 0. The number of aromatic amines is 2. The SMILES string of the molecule is CC.CCOc1cc(-c2c[nH]c(C(=O)O)c2)ccc1-c1nc(NN)c(N)c(=O)[nH]1. The molecule has 0 aliphatic carbocycles. The molecular formula is C19H24N6O4. The van der Waals surface area contributed by atoms with Crippen molar-refractivity contribution in [2.45, 2.75) is 20.8 Å². The molecule has 3 aromatic rings. The number of anilines is 2. The summed E-state index contributed by atoms with van der Waals surface area (Å²) in [6.07, 6.45) is 1.59. The second kappa shape index (κ2) is 9.42. The number of ether oxygens (including phenoxy) is 1. The number of nitrogens with zero attached hydrogens (tertiary/aromatic N) is 1. The number of aromatic carboxylic acids is 1. The van der Waals surface area contributed by atoms with E-state index in [0.29, 0.717) is 23.5 Å². The first kappa shape index (κ1) is 21.5. The molecule has 0 bridgehead atoms. The lowest BCUT2D eigenvalue weighted by Gasteiger charge is -2.13. The van der Waals surface area contributed by atoms with Crippen molar-refractivity contribution in [2.24, 2.45) is 5.84 Å². The van der Waals surface area contributed by atoms with Crippen molar-refractivity contribution in [3.8, 4) is 28.3 Å². The van der Waals surface area contributed by atoms with Gasteiger partial charge in [0.15, 0.2) is 5.82 Å². The quantitative estimate of drug-likeness (QED) is 0.270. The van der Waals surface area contributed by atoms with Gasteiger partial charge < -0.3 is 31.0 Å². The second-order valence-electron chi connectivity index (χ2n) is 5.57. The van der Waals surface area contributed by atoms with Gasteiger partial charge in [-0.1, -0.05) is 19.9 Å². The lowest BCUT2D eigenvalue weighted by atomic mass is 10.0. The molecule has 154 valence electrons. The number of carboxylic acid groups (broad SMARTS) is 1. The molecule has 0 aliphatic rings.